The molecule has 0 amide bonds. The number of nitriles is 1. The molecular weight excluding hydrogens is 183 g/mol. The summed E-state index contributed by atoms with van der Waals surface area (Å²) in [6, 6.07) is 6.03. The number of aliphatic hydroxyl groups excluding tert-OH is 1. The Morgan fingerprint density at radius 3 is 2.79 bits per heavy atom. The van der Waals surface area contributed by atoms with Gasteiger partial charge in [-0.1, -0.05) is 0 Å². The van der Waals surface area contributed by atoms with Crippen molar-refractivity contribution in [3.8, 4) is 6.07 Å². The van der Waals surface area contributed by atoms with Crippen molar-refractivity contribution in [2.75, 3.05) is 18.0 Å². The van der Waals surface area contributed by atoms with Gasteiger partial charge in [-0.05, 0) is 18.2 Å². The zero-order valence-corrected chi connectivity index (χ0v) is 7.44. The summed E-state index contributed by atoms with van der Waals surface area (Å²) in [5.74, 6) is -0.411. The molecule has 1 aromatic carbocycles. The molecule has 3 nitrogen and oxygen atoms in total. The smallest absolute Gasteiger partial charge is 0.124 e. The third-order valence-corrected chi connectivity index (χ3v) is 2.28. The van der Waals surface area contributed by atoms with Gasteiger partial charge in [-0.2, -0.15) is 5.26 Å². The van der Waals surface area contributed by atoms with E-state index in [0.717, 1.165) is 0 Å². The fraction of sp³-hybridized carbons (Fsp3) is 0.300. The van der Waals surface area contributed by atoms with Crippen LogP contribution in [0.2, 0.25) is 0 Å². The molecule has 0 spiro atoms. The Balaban J connectivity index is 2.30. The molecule has 2 rings (SSSR count). The Bertz CT molecular complexity index is 394. The van der Waals surface area contributed by atoms with E-state index >= 15 is 0 Å². The van der Waals surface area contributed by atoms with Gasteiger partial charge < -0.3 is 10.0 Å². The number of rotatable bonds is 1. The van der Waals surface area contributed by atoms with Crippen LogP contribution in [0.4, 0.5) is 10.1 Å². The van der Waals surface area contributed by atoms with Gasteiger partial charge in [0.2, 0.25) is 0 Å². The predicted octanol–water partition coefficient (Wildman–Crippen LogP) is 0.878. The van der Waals surface area contributed by atoms with Gasteiger partial charge in [0.05, 0.1) is 17.4 Å². The molecule has 1 N–H and O–H groups in total. The van der Waals surface area contributed by atoms with Crippen LogP contribution in [0.5, 0.6) is 0 Å². The summed E-state index contributed by atoms with van der Waals surface area (Å²) in [5.41, 5.74) is 1.01. The second kappa shape index (κ2) is 3.28. The van der Waals surface area contributed by atoms with Crippen LogP contribution in [0.25, 0.3) is 0 Å². The lowest BCUT2D eigenvalue weighted by molar-refractivity contribution is 0.142. The van der Waals surface area contributed by atoms with Crippen LogP contribution in [0, 0.1) is 17.1 Å². The number of β-amino-alcohol motifs (C(OH)–C–C–N with tert-alkyl or cyclic N) is 1. The highest BCUT2D eigenvalue weighted by Crippen LogP contribution is 2.25. The first-order valence-electron chi connectivity index (χ1n) is 4.33. The lowest BCUT2D eigenvalue weighted by Gasteiger charge is -2.38. The largest absolute Gasteiger partial charge is 0.389 e. The van der Waals surface area contributed by atoms with Gasteiger partial charge in [0.25, 0.3) is 0 Å². The van der Waals surface area contributed by atoms with E-state index in [1.165, 1.54) is 12.1 Å². The number of halogens is 1. The van der Waals surface area contributed by atoms with E-state index in [1.54, 1.807) is 6.07 Å². The van der Waals surface area contributed by atoms with Gasteiger partial charge in [-0.3, -0.25) is 0 Å². The summed E-state index contributed by atoms with van der Waals surface area (Å²) in [6.07, 6.45) is -0.327. The summed E-state index contributed by atoms with van der Waals surface area (Å²) in [5, 5.41) is 17.9. The maximum Gasteiger partial charge on any atom is 0.124 e. The highest BCUT2D eigenvalue weighted by molar-refractivity contribution is 5.60. The first-order chi connectivity index (χ1) is 6.70. The van der Waals surface area contributed by atoms with E-state index in [2.05, 4.69) is 0 Å². The van der Waals surface area contributed by atoms with Gasteiger partial charge in [-0.15, -0.1) is 0 Å². The van der Waals surface area contributed by atoms with Crippen molar-refractivity contribution in [1.29, 1.82) is 5.26 Å². The lowest BCUT2D eigenvalue weighted by atomic mass is 10.1. The molecule has 4 heteroatoms. The first kappa shape index (κ1) is 8.97. The molecule has 72 valence electrons. The molecule has 1 heterocycles. The van der Waals surface area contributed by atoms with Crippen molar-refractivity contribution >= 4 is 5.69 Å². The molecule has 1 aliphatic rings. The number of benzene rings is 1. The van der Waals surface area contributed by atoms with E-state index in [0.29, 0.717) is 24.3 Å². The van der Waals surface area contributed by atoms with Gasteiger partial charge in [-0.25, -0.2) is 4.39 Å². The maximum absolute atomic E-state index is 12.8. The molecule has 0 radical (unpaired) electrons. The predicted molar refractivity (Wildman–Crippen MR) is 49.3 cm³/mol. The summed E-state index contributed by atoms with van der Waals surface area (Å²) in [6.45, 7) is 1.03. The Morgan fingerprint density at radius 2 is 2.21 bits per heavy atom. The van der Waals surface area contributed by atoms with Crippen LogP contribution in [0.3, 0.4) is 0 Å². The van der Waals surface area contributed by atoms with E-state index in [-0.39, 0.29) is 6.10 Å². The van der Waals surface area contributed by atoms with Crippen molar-refractivity contribution in [3.63, 3.8) is 0 Å². The van der Waals surface area contributed by atoms with E-state index in [9.17, 15) is 4.39 Å². The molecule has 1 aromatic rings. The minimum atomic E-state index is -0.411. The van der Waals surface area contributed by atoms with E-state index in [1.807, 2.05) is 11.0 Å². The normalized spacial score (nSPS) is 16.2. The molecule has 0 atom stereocenters. The third-order valence-electron chi connectivity index (χ3n) is 2.28. The van der Waals surface area contributed by atoms with Gasteiger partial charge in [0.15, 0.2) is 0 Å². The van der Waals surface area contributed by atoms with Crippen molar-refractivity contribution in [1.82, 2.24) is 0 Å². The summed E-state index contributed by atoms with van der Waals surface area (Å²) >= 11 is 0. The number of aliphatic hydroxyl groups is 1. The fourth-order valence-electron chi connectivity index (χ4n) is 1.53. The Kier molecular flexibility index (Phi) is 2.10. The van der Waals surface area contributed by atoms with E-state index in [4.69, 9.17) is 10.4 Å². The molecule has 0 aromatic heterocycles. The molecule has 0 unspecified atom stereocenters. The average molecular weight is 192 g/mol. The summed E-state index contributed by atoms with van der Waals surface area (Å²) in [7, 11) is 0. The molecule has 0 saturated carbocycles. The van der Waals surface area contributed by atoms with Crippen LogP contribution in [-0.2, 0) is 0 Å². The molecule has 14 heavy (non-hydrogen) atoms. The molecule has 0 aliphatic carbocycles. The van der Waals surface area contributed by atoms with E-state index < -0.39 is 5.82 Å². The second-order valence-electron chi connectivity index (χ2n) is 3.33. The van der Waals surface area contributed by atoms with Crippen LogP contribution in [0.15, 0.2) is 18.2 Å². The zero-order chi connectivity index (χ0) is 10.1. The average Bonchev–Trinajstić information content (AvgIpc) is 2.13. The van der Waals surface area contributed by atoms with Gasteiger partial charge >= 0.3 is 0 Å². The maximum atomic E-state index is 12.8. The van der Waals surface area contributed by atoms with Crippen molar-refractivity contribution < 1.29 is 9.50 Å². The minimum Gasteiger partial charge on any atom is -0.389 e. The van der Waals surface area contributed by atoms with Crippen LogP contribution >= 0.6 is 0 Å². The van der Waals surface area contributed by atoms with Gasteiger partial charge in [0.1, 0.15) is 11.9 Å². The molecule has 1 aliphatic heterocycles. The standard InChI is InChI=1S/C10H9FN2O/c11-8-1-2-10(7(3-8)4-12)13-5-9(14)6-13/h1-3,9,14H,5-6H2. The Morgan fingerprint density at radius 1 is 1.50 bits per heavy atom. The van der Waals surface area contributed by atoms with Crippen LogP contribution in [0.1, 0.15) is 5.56 Å². The Labute approximate surface area is 81.0 Å². The van der Waals surface area contributed by atoms with Crippen molar-refractivity contribution in [3.05, 3.63) is 29.6 Å². The zero-order valence-electron chi connectivity index (χ0n) is 7.44. The van der Waals surface area contributed by atoms with Crippen LogP contribution in [-0.4, -0.2) is 24.3 Å². The number of hydrogen-bond donors (Lipinski definition) is 1. The molecular formula is C10H9FN2O. The highest BCUT2D eigenvalue weighted by atomic mass is 19.1. The number of nitrogens with zero attached hydrogens (tertiary/aromatic N) is 2. The molecule has 0 bridgehead atoms. The highest BCUT2D eigenvalue weighted by Gasteiger charge is 2.26. The van der Waals surface area contributed by atoms with Gasteiger partial charge in [0, 0.05) is 13.1 Å². The minimum absolute atomic E-state index is 0.317. The fourth-order valence-corrected chi connectivity index (χ4v) is 1.53. The van der Waals surface area contributed by atoms with Crippen molar-refractivity contribution in [2.24, 2.45) is 0 Å². The number of anilines is 1. The second-order valence-corrected chi connectivity index (χ2v) is 3.33. The number of hydrogen-bond acceptors (Lipinski definition) is 3. The summed E-state index contributed by atoms with van der Waals surface area (Å²) < 4.78 is 12.8. The quantitative estimate of drug-likeness (QED) is 0.718. The third kappa shape index (κ3) is 1.42. The monoisotopic (exact) mass is 192 g/mol. The first-order valence-corrected chi connectivity index (χ1v) is 4.33. The topological polar surface area (TPSA) is 47.3 Å². The molecule has 1 saturated heterocycles. The SMILES string of the molecule is N#Cc1cc(F)ccc1N1CC(O)C1. The van der Waals surface area contributed by atoms with Crippen molar-refractivity contribution in [2.45, 2.75) is 6.10 Å². The summed E-state index contributed by atoms with van der Waals surface area (Å²) in [4.78, 5) is 1.85. The molecule has 1 fully saturated rings. The Hall–Kier alpha value is -1.60. The lowest BCUT2D eigenvalue weighted by Crippen LogP contribution is -2.51. The van der Waals surface area contributed by atoms with Crippen LogP contribution < -0.4 is 4.90 Å².